The average Bonchev–Trinajstić information content (AvgIpc) is 3.26. The maximum atomic E-state index is 14.3. The van der Waals surface area contributed by atoms with E-state index in [1.165, 1.54) is 19.9 Å². The van der Waals surface area contributed by atoms with E-state index in [0.29, 0.717) is 17.0 Å². The molecule has 1 aliphatic heterocycles. The number of anilines is 1. The van der Waals surface area contributed by atoms with Crippen LogP contribution < -0.4 is 9.75 Å². The maximum Gasteiger partial charge on any atom is 0.308 e. The van der Waals surface area contributed by atoms with E-state index in [1.807, 2.05) is 11.5 Å². The fraction of sp³-hybridized carbons (Fsp3) is 0.160. The number of carbonyl (C=O) groups excluding carboxylic acids is 2. The Morgan fingerprint density at radius 3 is 2.03 bits per heavy atom. The molecule has 0 saturated carbocycles. The Bertz CT molecular complexity index is 1460. The summed E-state index contributed by atoms with van der Waals surface area (Å²) in [6, 6.07) is 8.45. The zero-order chi connectivity index (χ0) is 26.5. The van der Waals surface area contributed by atoms with Crippen LogP contribution >= 0.6 is 0 Å². The van der Waals surface area contributed by atoms with E-state index < -0.39 is 46.6 Å². The summed E-state index contributed by atoms with van der Waals surface area (Å²) < 4.78 is 76.2. The molecule has 0 N–H and O–H groups in total. The van der Waals surface area contributed by atoms with Gasteiger partial charge in [0.15, 0.2) is 23.3 Å². The van der Waals surface area contributed by atoms with E-state index in [0.717, 1.165) is 11.4 Å². The molecular weight excluding hydrogens is 485 g/mol. The normalized spacial score (nSPS) is 14.6. The molecule has 1 aromatic heterocycles. The second kappa shape index (κ2) is 9.06. The second-order valence-corrected chi connectivity index (χ2v) is 8.03. The van der Waals surface area contributed by atoms with Gasteiger partial charge in [0.05, 0.1) is 11.3 Å². The van der Waals surface area contributed by atoms with Crippen LogP contribution in [0.25, 0.3) is 11.8 Å². The number of nitrogens with zero attached hydrogens (tertiary/aromatic N) is 3. The monoisotopic (exact) mass is 503 g/mol. The van der Waals surface area contributed by atoms with Crippen LogP contribution in [-0.2, 0) is 9.59 Å². The molecule has 0 saturated heterocycles. The lowest BCUT2D eigenvalue weighted by atomic mass is 10.1. The van der Waals surface area contributed by atoms with Crippen molar-refractivity contribution >= 4 is 29.4 Å². The average molecular weight is 503 g/mol. The van der Waals surface area contributed by atoms with Crippen molar-refractivity contribution in [3.05, 3.63) is 81.9 Å². The number of hydrazone groups is 1. The number of ether oxygens (including phenoxy) is 1. The van der Waals surface area contributed by atoms with Gasteiger partial charge in [-0.25, -0.2) is 22.0 Å². The van der Waals surface area contributed by atoms with Crippen LogP contribution in [0.15, 0.2) is 41.0 Å². The number of aryl methyl sites for hydroxylation is 1. The lowest BCUT2D eigenvalue weighted by Gasteiger charge is -2.15. The van der Waals surface area contributed by atoms with Crippen LogP contribution in [0, 0.1) is 42.9 Å². The van der Waals surface area contributed by atoms with E-state index in [2.05, 4.69) is 5.10 Å². The fourth-order valence-corrected chi connectivity index (χ4v) is 3.93. The van der Waals surface area contributed by atoms with E-state index in [-0.39, 0.29) is 16.3 Å². The third-order valence-electron chi connectivity index (χ3n) is 5.59. The summed E-state index contributed by atoms with van der Waals surface area (Å²) in [6.45, 7) is 6.25. The standard InChI is InChI=1S/C25H18F5N3O3/c1-11-9-15(13(3)32(11)16-5-7-17(8-6-16)36-14(4)34)10-18-12(2)31-33(25(18)35)24-22(29)20(27)19(26)21(28)23(24)30/h5-10H,1-4H3/b18-10+. The third kappa shape index (κ3) is 4.06. The highest BCUT2D eigenvalue weighted by molar-refractivity contribution is 6.32. The van der Waals surface area contributed by atoms with Crippen molar-refractivity contribution in [2.24, 2.45) is 5.10 Å². The number of rotatable bonds is 4. The highest BCUT2D eigenvalue weighted by atomic mass is 19.2. The molecule has 6 nitrogen and oxygen atoms in total. The van der Waals surface area contributed by atoms with Crippen molar-refractivity contribution in [2.75, 3.05) is 5.01 Å². The summed E-state index contributed by atoms with van der Waals surface area (Å²) in [4.78, 5) is 24.1. The van der Waals surface area contributed by atoms with E-state index >= 15 is 0 Å². The molecule has 11 heteroatoms. The number of hydrogen-bond acceptors (Lipinski definition) is 4. The lowest BCUT2D eigenvalue weighted by molar-refractivity contribution is -0.131. The number of amides is 1. The molecule has 2 aromatic carbocycles. The fourth-order valence-electron chi connectivity index (χ4n) is 3.93. The van der Waals surface area contributed by atoms with E-state index in [4.69, 9.17) is 4.74 Å². The SMILES string of the molecule is CC(=O)Oc1ccc(-n2c(C)cc(/C=C3/C(=O)N(c4c(F)c(F)c(F)c(F)c4F)N=C3C)c2C)cc1. The molecule has 4 rings (SSSR count). The zero-order valence-corrected chi connectivity index (χ0v) is 19.4. The van der Waals surface area contributed by atoms with Crippen molar-refractivity contribution in [1.29, 1.82) is 0 Å². The maximum absolute atomic E-state index is 14.3. The van der Waals surface area contributed by atoms with Crippen LogP contribution in [0.2, 0.25) is 0 Å². The Labute approximate surface area is 201 Å². The quantitative estimate of drug-likeness (QED) is 0.118. The molecule has 36 heavy (non-hydrogen) atoms. The molecule has 0 spiro atoms. The largest absolute Gasteiger partial charge is 0.427 e. The summed E-state index contributed by atoms with van der Waals surface area (Å²) >= 11 is 0. The Balaban J connectivity index is 1.72. The summed E-state index contributed by atoms with van der Waals surface area (Å²) in [5.74, 6) is -12.1. The predicted octanol–water partition coefficient (Wildman–Crippen LogP) is 5.52. The molecule has 0 unspecified atom stereocenters. The van der Waals surface area contributed by atoms with Gasteiger partial charge in [0.2, 0.25) is 5.82 Å². The lowest BCUT2D eigenvalue weighted by Crippen LogP contribution is -2.25. The second-order valence-electron chi connectivity index (χ2n) is 8.03. The van der Waals surface area contributed by atoms with Crippen LogP contribution in [0.3, 0.4) is 0 Å². The Hall–Kier alpha value is -4.28. The molecule has 0 bridgehead atoms. The Morgan fingerprint density at radius 1 is 0.917 bits per heavy atom. The molecule has 3 aromatic rings. The molecule has 0 radical (unpaired) electrons. The minimum absolute atomic E-state index is 0.0273. The first-order valence-electron chi connectivity index (χ1n) is 10.5. The van der Waals surface area contributed by atoms with Gasteiger partial charge in [0.1, 0.15) is 11.4 Å². The number of aromatic nitrogens is 1. The number of benzene rings is 2. The van der Waals surface area contributed by atoms with Gasteiger partial charge in [-0.1, -0.05) is 0 Å². The van der Waals surface area contributed by atoms with Gasteiger partial charge in [-0.2, -0.15) is 10.1 Å². The molecule has 1 amide bonds. The van der Waals surface area contributed by atoms with E-state index in [1.54, 1.807) is 37.3 Å². The highest BCUT2D eigenvalue weighted by Crippen LogP contribution is 2.34. The van der Waals surface area contributed by atoms with Crippen LogP contribution in [0.1, 0.15) is 30.8 Å². The van der Waals surface area contributed by atoms with Crippen LogP contribution in [-0.4, -0.2) is 22.2 Å². The summed E-state index contributed by atoms with van der Waals surface area (Å²) in [7, 11) is 0. The van der Waals surface area contributed by atoms with Crippen LogP contribution in [0.5, 0.6) is 5.75 Å². The van der Waals surface area contributed by atoms with Gasteiger partial charge in [-0.15, -0.1) is 0 Å². The minimum Gasteiger partial charge on any atom is -0.427 e. The van der Waals surface area contributed by atoms with Gasteiger partial charge < -0.3 is 9.30 Å². The number of hydrogen-bond donors (Lipinski definition) is 0. The van der Waals surface area contributed by atoms with Gasteiger partial charge >= 0.3 is 5.97 Å². The Morgan fingerprint density at radius 2 is 1.47 bits per heavy atom. The topological polar surface area (TPSA) is 63.9 Å². The first-order chi connectivity index (χ1) is 16.9. The molecule has 0 aliphatic carbocycles. The highest BCUT2D eigenvalue weighted by Gasteiger charge is 2.37. The summed E-state index contributed by atoms with van der Waals surface area (Å²) in [5.41, 5.74) is 1.26. The number of esters is 1. The number of halogens is 5. The van der Waals surface area contributed by atoms with Crippen molar-refractivity contribution in [1.82, 2.24) is 4.57 Å². The molecule has 0 atom stereocenters. The summed E-state index contributed by atoms with van der Waals surface area (Å²) in [6.07, 6.45) is 1.43. The molecule has 1 aliphatic rings. The Kier molecular flexibility index (Phi) is 6.25. The smallest absolute Gasteiger partial charge is 0.308 e. The van der Waals surface area contributed by atoms with Gasteiger partial charge in [0, 0.05) is 24.0 Å². The predicted molar refractivity (Wildman–Crippen MR) is 121 cm³/mol. The van der Waals surface area contributed by atoms with Crippen LogP contribution in [0.4, 0.5) is 27.6 Å². The van der Waals surface area contributed by atoms with Gasteiger partial charge in [-0.05, 0) is 62.7 Å². The van der Waals surface area contributed by atoms with E-state index in [9.17, 15) is 31.5 Å². The van der Waals surface area contributed by atoms with Gasteiger partial charge in [0.25, 0.3) is 5.91 Å². The molecule has 0 fully saturated rings. The molecular formula is C25H18F5N3O3. The molecule has 2 heterocycles. The third-order valence-corrected chi connectivity index (χ3v) is 5.59. The summed E-state index contributed by atoms with van der Waals surface area (Å²) in [5, 5.41) is 3.92. The van der Waals surface area contributed by atoms with Gasteiger partial charge in [-0.3, -0.25) is 9.59 Å². The van der Waals surface area contributed by atoms with Crippen molar-refractivity contribution in [3.63, 3.8) is 0 Å². The number of carbonyl (C=O) groups is 2. The minimum atomic E-state index is -2.33. The first-order valence-corrected chi connectivity index (χ1v) is 10.5. The first kappa shape index (κ1) is 24.8. The van der Waals surface area contributed by atoms with Crippen molar-refractivity contribution in [2.45, 2.75) is 27.7 Å². The van der Waals surface area contributed by atoms with Crippen molar-refractivity contribution in [3.8, 4) is 11.4 Å². The molecule has 186 valence electrons. The zero-order valence-electron chi connectivity index (χ0n) is 19.4. The van der Waals surface area contributed by atoms with Crippen molar-refractivity contribution < 1.29 is 36.3 Å².